The average Bonchev–Trinajstić information content (AvgIpc) is 3.21. The van der Waals surface area contributed by atoms with E-state index in [4.69, 9.17) is 21.7 Å². The second kappa shape index (κ2) is 8.89. The van der Waals surface area contributed by atoms with Crippen LogP contribution in [0.3, 0.4) is 0 Å². The van der Waals surface area contributed by atoms with Gasteiger partial charge in [-0.2, -0.15) is 9.39 Å². The Kier molecular flexibility index (Phi) is 6.18. The number of aliphatic imine (C=N–C) groups is 1. The number of amides is 1. The van der Waals surface area contributed by atoms with Gasteiger partial charge in [-0.05, 0) is 29.3 Å². The summed E-state index contributed by atoms with van der Waals surface area (Å²) < 4.78 is 34.3. The molecule has 2 heterocycles. The number of nitrogens with one attached hydrogen (secondary N) is 1. The summed E-state index contributed by atoms with van der Waals surface area (Å²) in [4.78, 5) is 17.5. The Morgan fingerprint density at radius 1 is 1.22 bits per heavy atom. The highest BCUT2D eigenvalue weighted by Crippen LogP contribution is 2.31. The van der Waals surface area contributed by atoms with Crippen LogP contribution in [0.1, 0.15) is 18.1 Å². The van der Waals surface area contributed by atoms with Crippen molar-refractivity contribution in [1.82, 2.24) is 4.90 Å². The fourth-order valence-electron chi connectivity index (χ4n) is 2.95. The lowest BCUT2D eigenvalue weighted by atomic mass is 10.1. The molecule has 0 atom stereocenters. The maximum Gasteiger partial charge on any atom is 0.283 e. The van der Waals surface area contributed by atoms with Crippen molar-refractivity contribution in [3.05, 3.63) is 70.3 Å². The summed E-state index contributed by atoms with van der Waals surface area (Å²) in [5.41, 5.74) is 1.47. The van der Waals surface area contributed by atoms with E-state index in [1.807, 2.05) is 30.3 Å². The van der Waals surface area contributed by atoms with Crippen LogP contribution in [0.15, 0.2) is 63.5 Å². The van der Waals surface area contributed by atoms with E-state index in [9.17, 15) is 13.2 Å². The summed E-state index contributed by atoms with van der Waals surface area (Å²) in [5.74, 6) is -0.667. The van der Waals surface area contributed by atoms with Crippen molar-refractivity contribution in [1.29, 1.82) is 5.41 Å². The number of nitrogens with zero attached hydrogens (tertiary/aromatic N) is 3. The Morgan fingerprint density at radius 3 is 2.66 bits per heavy atom. The Morgan fingerprint density at radius 2 is 1.97 bits per heavy atom. The van der Waals surface area contributed by atoms with Gasteiger partial charge >= 0.3 is 0 Å². The summed E-state index contributed by atoms with van der Waals surface area (Å²) >= 11 is 7.10. The van der Waals surface area contributed by atoms with Gasteiger partial charge in [0.05, 0.1) is 28.3 Å². The van der Waals surface area contributed by atoms with E-state index in [1.165, 1.54) is 13.0 Å². The first kappa shape index (κ1) is 22.3. The SMILES string of the molecule is CCS(=O)(=O)C1=NSC2=NC(=O)/C(=C\c3ccc(OCc4ccccc4)c(Cl)c3)C(=N)N21. The van der Waals surface area contributed by atoms with Crippen molar-refractivity contribution in [2.75, 3.05) is 5.75 Å². The van der Waals surface area contributed by atoms with E-state index in [2.05, 4.69) is 9.39 Å². The molecular weight excluding hydrogens is 472 g/mol. The molecule has 0 bridgehead atoms. The second-order valence-corrected chi connectivity index (χ2v) is 10.1. The van der Waals surface area contributed by atoms with Gasteiger partial charge in [0.2, 0.25) is 20.2 Å². The van der Waals surface area contributed by atoms with Crippen LogP contribution in [0, 0.1) is 5.41 Å². The smallest absolute Gasteiger partial charge is 0.283 e. The molecule has 0 saturated heterocycles. The quantitative estimate of drug-likeness (QED) is 0.504. The van der Waals surface area contributed by atoms with Crippen LogP contribution in [0.5, 0.6) is 5.75 Å². The lowest BCUT2D eigenvalue weighted by Gasteiger charge is -2.24. The minimum absolute atomic E-state index is 0.0480. The Hall–Kier alpha value is -2.95. The molecule has 0 radical (unpaired) electrons. The van der Waals surface area contributed by atoms with Gasteiger partial charge in [-0.1, -0.05) is 54.9 Å². The number of halogens is 1. The van der Waals surface area contributed by atoms with Gasteiger partial charge in [0.15, 0.2) is 0 Å². The standard InChI is InChI=1S/C21H17ClN4O4S2/c1-2-32(28,29)21-25-31-20-24-19(27)15(18(23)26(20)21)10-14-8-9-17(16(22)11-14)30-12-13-6-4-3-5-7-13/h3-11,23H,2,12H2,1H3/b15-10-,23-18?. The molecule has 1 amide bonds. The normalized spacial score (nSPS) is 17.3. The van der Waals surface area contributed by atoms with Gasteiger partial charge in [0.25, 0.3) is 5.91 Å². The lowest BCUT2D eigenvalue weighted by molar-refractivity contribution is -0.114. The molecular formula is C21H17ClN4O4S2. The third-order valence-corrected chi connectivity index (χ3v) is 7.36. The monoisotopic (exact) mass is 488 g/mol. The van der Waals surface area contributed by atoms with Crippen molar-refractivity contribution in [2.45, 2.75) is 13.5 Å². The predicted molar refractivity (Wildman–Crippen MR) is 127 cm³/mol. The Balaban J connectivity index is 1.58. The van der Waals surface area contributed by atoms with Crippen LogP contribution in [-0.2, 0) is 21.2 Å². The first-order valence-corrected chi connectivity index (χ1v) is 12.3. The third kappa shape index (κ3) is 4.34. The zero-order chi connectivity index (χ0) is 22.9. The summed E-state index contributed by atoms with van der Waals surface area (Å²) in [6, 6.07) is 14.6. The minimum atomic E-state index is -3.70. The van der Waals surface area contributed by atoms with Crippen molar-refractivity contribution < 1.29 is 17.9 Å². The highest BCUT2D eigenvalue weighted by atomic mass is 35.5. The van der Waals surface area contributed by atoms with Gasteiger partial charge in [0, 0.05) is 0 Å². The van der Waals surface area contributed by atoms with Crippen LogP contribution in [0.4, 0.5) is 0 Å². The number of benzene rings is 2. The number of hydrogen-bond donors (Lipinski definition) is 1. The molecule has 0 aliphatic carbocycles. The molecule has 164 valence electrons. The molecule has 2 aliphatic rings. The van der Waals surface area contributed by atoms with Gasteiger partial charge in [-0.15, -0.1) is 0 Å². The fraction of sp³-hybridized carbons (Fsp3) is 0.143. The van der Waals surface area contributed by atoms with Crippen molar-refractivity contribution >= 4 is 61.5 Å². The molecule has 32 heavy (non-hydrogen) atoms. The van der Waals surface area contributed by atoms with Crippen LogP contribution in [-0.4, -0.2) is 41.1 Å². The number of carbonyl (C=O) groups is 1. The number of ether oxygens (including phenoxy) is 1. The molecule has 0 spiro atoms. The van der Waals surface area contributed by atoms with E-state index in [-0.39, 0.29) is 27.5 Å². The van der Waals surface area contributed by atoms with E-state index in [1.54, 1.807) is 18.2 Å². The summed E-state index contributed by atoms with van der Waals surface area (Å²) in [6.45, 7) is 1.83. The second-order valence-electron chi connectivity index (χ2n) is 6.77. The first-order valence-electron chi connectivity index (χ1n) is 9.48. The molecule has 2 aromatic carbocycles. The van der Waals surface area contributed by atoms with Crippen LogP contribution < -0.4 is 4.74 Å². The molecule has 4 rings (SSSR count). The van der Waals surface area contributed by atoms with Gasteiger partial charge in [-0.25, -0.2) is 13.3 Å². The lowest BCUT2D eigenvalue weighted by Crippen LogP contribution is -2.45. The van der Waals surface area contributed by atoms with Crippen molar-refractivity contribution in [3.8, 4) is 5.75 Å². The fourth-order valence-corrected chi connectivity index (χ4v) is 5.16. The van der Waals surface area contributed by atoms with E-state index < -0.39 is 15.7 Å². The maximum absolute atomic E-state index is 12.5. The summed E-state index contributed by atoms with van der Waals surface area (Å²) in [5, 5.41) is 8.52. The van der Waals surface area contributed by atoms with Crippen LogP contribution in [0.25, 0.3) is 6.08 Å². The molecule has 0 aromatic heterocycles. The van der Waals surface area contributed by atoms with Crippen molar-refractivity contribution in [3.63, 3.8) is 0 Å². The topological polar surface area (TPSA) is 112 Å². The number of fused-ring (bicyclic) bond motifs is 1. The summed E-state index contributed by atoms with van der Waals surface area (Å²) in [6.07, 6.45) is 1.44. The highest BCUT2D eigenvalue weighted by molar-refractivity contribution is 8.16. The number of hydrogen-bond acceptors (Lipinski definition) is 7. The Bertz CT molecular complexity index is 1300. The molecule has 2 aromatic rings. The van der Waals surface area contributed by atoms with Gasteiger partial charge < -0.3 is 4.74 Å². The van der Waals surface area contributed by atoms with E-state index >= 15 is 0 Å². The number of sulfone groups is 1. The van der Waals surface area contributed by atoms with Crippen LogP contribution >= 0.6 is 23.5 Å². The Labute approximate surface area is 194 Å². The molecule has 11 heteroatoms. The molecule has 1 N–H and O–H groups in total. The zero-order valence-corrected chi connectivity index (χ0v) is 19.2. The molecule has 0 unspecified atom stereocenters. The van der Waals surface area contributed by atoms with E-state index in [0.29, 0.717) is 22.9 Å². The highest BCUT2D eigenvalue weighted by Gasteiger charge is 2.42. The molecule has 2 aliphatic heterocycles. The van der Waals surface area contributed by atoms with E-state index in [0.717, 1.165) is 22.4 Å². The number of rotatable bonds is 5. The van der Waals surface area contributed by atoms with Gasteiger partial charge in [0.1, 0.15) is 18.2 Å². The number of carbonyl (C=O) groups excluding carboxylic acids is 1. The maximum atomic E-state index is 12.5. The zero-order valence-electron chi connectivity index (χ0n) is 16.8. The first-order chi connectivity index (χ1) is 15.3. The predicted octanol–water partition coefficient (Wildman–Crippen LogP) is 3.93. The largest absolute Gasteiger partial charge is 0.487 e. The minimum Gasteiger partial charge on any atom is -0.487 e. The third-order valence-electron chi connectivity index (χ3n) is 4.66. The molecule has 0 saturated carbocycles. The summed E-state index contributed by atoms with van der Waals surface area (Å²) in [7, 11) is -3.70. The van der Waals surface area contributed by atoms with Crippen molar-refractivity contribution in [2.24, 2.45) is 9.39 Å². The van der Waals surface area contributed by atoms with Crippen LogP contribution in [0.2, 0.25) is 5.02 Å². The number of amidine groups is 3. The molecule has 0 fully saturated rings. The average molecular weight is 489 g/mol. The molecule has 8 nitrogen and oxygen atoms in total. The van der Waals surface area contributed by atoms with Gasteiger partial charge in [-0.3, -0.25) is 10.2 Å².